The minimum absolute atomic E-state index is 0.219. The van der Waals surface area contributed by atoms with Crippen LogP contribution in [0.2, 0.25) is 0 Å². The largest absolute Gasteiger partial charge is 0.459 e. The van der Waals surface area contributed by atoms with Gasteiger partial charge in [-0.3, -0.25) is 14.4 Å². The molecule has 2 N–H and O–H groups in total. The second-order valence-corrected chi connectivity index (χ2v) is 9.52. The Kier molecular flexibility index (Phi) is 11.7. The van der Waals surface area contributed by atoms with Crippen molar-refractivity contribution in [1.82, 2.24) is 0 Å². The van der Waals surface area contributed by atoms with Gasteiger partial charge in [-0.15, -0.1) is 0 Å². The van der Waals surface area contributed by atoms with Crippen molar-refractivity contribution in [3.63, 3.8) is 0 Å². The maximum Gasteiger partial charge on any atom is 0.316 e. The number of esters is 1. The fourth-order valence-corrected chi connectivity index (χ4v) is 4.61. The molecule has 188 valence electrons. The number of ketones is 2. The summed E-state index contributed by atoms with van der Waals surface area (Å²) in [7, 11) is 1.54. The summed E-state index contributed by atoms with van der Waals surface area (Å²) in [5, 5.41) is 21.8. The number of aliphatic hydroxyl groups is 2. The maximum absolute atomic E-state index is 13.1. The topological polar surface area (TPSA) is 110 Å². The van der Waals surface area contributed by atoms with E-state index >= 15 is 0 Å². The van der Waals surface area contributed by atoms with Gasteiger partial charge in [0, 0.05) is 24.9 Å². The van der Waals surface area contributed by atoms with Crippen LogP contribution in [0.25, 0.3) is 0 Å². The number of hydrogen-bond acceptors (Lipinski definition) is 7. The molecule has 1 aliphatic heterocycles. The zero-order valence-electron chi connectivity index (χ0n) is 21.9. The van der Waals surface area contributed by atoms with Crippen molar-refractivity contribution in [3.05, 3.63) is 0 Å². The van der Waals surface area contributed by atoms with Crippen molar-refractivity contribution in [2.24, 2.45) is 29.6 Å². The van der Waals surface area contributed by atoms with Gasteiger partial charge in [0.05, 0.1) is 11.7 Å². The summed E-state index contributed by atoms with van der Waals surface area (Å²) in [6.45, 7) is 17.4. The average Bonchev–Trinajstić information content (AvgIpc) is 2.78. The van der Waals surface area contributed by atoms with Crippen molar-refractivity contribution in [2.75, 3.05) is 7.11 Å². The third kappa shape index (κ3) is 6.39. The second-order valence-electron chi connectivity index (χ2n) is 9.52. The van der Waals surface area contributed by atoms with Crippen LogP contribution in [0.1, 0.15) is 82.1 Å². The Morgan fingerprint density at radius 2 is 1.50 bits per heavy atom. The van der Waals surface area contributed by atoms with E-state index in [-0.39, 0.29) is 23.9 Å². The van der Waals surface area contributed by atoms with E-state index in [9.17, 15) is 24.6 Å². The number of aliphatic hydroxyl groups excluding tert-OH is 1. The minimum atomic E-state index is -1.85. The molecule has 0 bridgehead atoms. The Hall–Kier alpha value is -1.31. The molecule has 32 heavy (non-hydrogen) atoms. The van der Waals surface area contributed by atoms with E-state index in [1.807, 2.05) is 27.7 Å². The first kappa shape index (κ1) is 30.7. The van der Waals surface area contributed by atoms with E-state index in [1.54, 1.807) is 34.8 Å². The summed E-state index contributed by atoms with van der Waals surface area (Å²) < 4.78 is 11.2. The molecule has 1 heterocycles. The van der Waals surface area contributed by atoms with Crippen LogP contribution in [-0.4, -0.2) is 58.3 Å². The zero-order chi connectivity index (χ0) is 25.6. The van der Waals surface area contributed by atoms with Gasteiger partial charge in [0.1, 0.15) is 29.2 Å². The van der Waals surface area contributed by atoms with Crippen LogP contribution in [0.4, 0.5) is 0 Å². The lowest BCUT2D eigenvalue weighted by Crippen LogP contribution is -2.56. The number of carbonyl (C=O) groups excluding carboxylic acids is 3. The summed E-state index contributed by atoms with van der Waals surface area (Å²) in [5.74, 6) is -4.40. The lowest BCUT2D eigenvalue weighted by atomic mass is 9.71. The highest BCUT2D eigenvalue weighted by atomic mass is 16.6. The Bertz CT molecular complexity index is 644. The van der Waals surface area contributed by atoms with Crippen LogP contribution in [0.5, 0.6) is 0 Å². The Morgan fingerprint density at radius 3 is 1.94 bits per heavy atom. The third-order valence-electron chi connectivity index (χ3n) is 7.41. The molecule has 7 nitrogen and oxygen atoms in total. The highest BCUT2D eigenvalue weighted by Crippen LogP contribution is 2.37. The lowest BCUT2D eigenvalue weighted by molar-refractivity contribution is -0.190. The molecule has 9 atom stereocenters. The van der Waals surface area contributed by atoms with Crippen molar-refractivity contribution >= 4 is 17.5 Å². The highest BCUT2D eigenvalue weighted by Gasteiger charge is 2.48. The second kappa shape index (κ2) is 12.2. The molecule has 1 saturated heterocycles. The number of hydrogen-bond donors (Lipinski definition) is 2. The quantitative estimate of drug-likeness (QED) is 0.481. The molecule has 0 amide bonds. The first-order chi connectivity index (χ1) is 14.6. The molecule has 0 aromatic carbocycles. The molecule has 0 aromatic rings. The number of rotatable bonds is 2. The monoisotopic (exact) mass is 458 g/mol. The van der Waals surface area contributed by atoms with Crippen LogP contribution in [0.3, 0.4) is 0 Å². The van der Waals surface area contributed by atoms with Crippen molar-refractivity contribution < 1.29 is 34.1 Å². The molecule has 1 aliphatic rings. The van der Waals surface area contributed by atoms with E-state index < -0.39 is 53.1 Å². The van der Waals surface area contributed by atoms with E-state index in [2.05, 4.69) is 0 Å². The van der Waals surface area contributed by atoms with Crippen LogP contribution in [0.15, 0.2) is 0 Å². The van der Waals surface area contributed by atoms with E-state index in [1.165, 1.54) is 13.8 Å². The van der Waals surface area contributed by atoms with Crippen molar-refractivity contribution in [2.45, 2.75) is 105 Å². The van der Waals surface area contributed by atoms with E-state index in [4.69, 9.17) is 9.47 Å². The number of methoxy groups -OCH3 is 1. The van der Waals surface area contributed by atoms with Crippen LogP contribution in [0, 0.1) is 29.6 Å². The minimum Gasteiger partial charge on any atom is -0.459 e. The molecule has 7 heteroatoms. The van der Waals surface area contributed by atoms with E-state index in [0.717, 1.165) is 0 Å². The SMILES string of the molecule is CC.CC[C@H]1OC(=O)[C@H](C)C(=O)[C@H](C)[C@@H](C)[C@](C)(OC)C[C@@H](C)C(=O)[C@H](C)[C@@H](O)[C@]1(C)O. The molecule has 0 radical (unpaired) electrons. The third-order valence-corrected chi connectivity index (χ3v) is 7.41. The van der Waals surface area contributed by atoms with Gasteiger partial charge in [-0.25, -0.2) is 0 Å². The average molecular weight is 459 g/mol. The number of carbonyl (C=O) groups is 3. The predicted octanol–water partition coefficient (Wildman–Crippen LogP) is 3.57. The van der Waals surface area contributed by atoms with Crippen LogP contribution < -0.4 is 0 Å². The first-order valence-electron chi connectivity index (χ1n) is 11.9. The highest BCUT2D eigenvalue weighted by molar-refractivity contribution is 5.99. The number of Topliss-reactive ketones (excluding diaryl/α,β-unsaturated/α-hetero) is 2. The van der Waals surface area contributed by atoms with Gasteiger partial charge in [-0.2, -0.15) is 0 Å². The van der Waals surface area contributed by atoms with Crippen molar-refractivity contribution in [1.29, 1.82) is 0 Å². The standard InChI is InChI=1S/C23H40O7.C2H6/c1-10-17-23(8,28)20(26)14(4)18(24)12(2)11-22(7,29-9)16(6)13(3)19(25)15(5)21(27)30-17;1-2/h12-17,20,26,28H,10-11H2,1-9H3;1-2H3/t12-,13-,14+,15-,16-,17-,20-,22-,23-;/m1./s1. The van der Waals surface area contributed by atoms with Crippen LogP contribution >= 0.6 is 0 Å². The van der Waals surface area contributed by atoms with Gasteiger partial charge < -0.3 is 19.7 Å². The van der Waals surface area contributed by atoms with E-state index in [0.29, 0.717) is 6.42 Å². The molecule has 1 rings (SSSR count). The molecule has 0 unspecified atom stereocenters. The van der Waals surface area contributed by atoms with Gasteiger partial charge in [0.25, 0.3) is 0 Å². The Labute approximate surface area is 194 Å². The van der Waals surface area contributed by atoms with Gasteiger partial charge in [0.15, 0.2) is 0 Å². The molecule has 0 saturated carbocycles. The smallest absolute Gasteiger partial charge is 0.316 e. The normalized spacial score (nSPS) is 42.4. The summed E-state index contributed by atoms with van der Waals surface area (Å²) in [5.41, 5.74) is -2.65. The maximum atomic E-state index is 13.1. The Balaban J connectivity index is 0.00000466. The molecule has 1 fully saturated rings. The summed E-state index contributed by atoms with van der Waals surface area (Å²) in [6.07, 6.45) is -1.93. The molecule has 0 spiro atoms. The Morgan fingerprint density at radius 1 is 1.00 bits per heavy atom. The van der Waals surface area contributed by atoms with Gasteiger partial charge in [-0.05, 0) is 39.5 Å². The van der Waals surface area contributed by atoms with Crippen LogP contribution in [-0.2, 0) is 23.9 Å². The fraction of sp³-hybridized carbons (Fsp3) is 0.880. The van der Waals surface area contributed by atoms with Gasteiger partial charge >= 0.3 is 5.97 Å². The van der Waals surface area contributed by atoms with Crippen molar-refractivity contribution in [3.8, 4) is 0 Å². The zero-order valence-corrected chi connectivity index (χ0v) is 21.9. The molecule has 0 aromatic heterocycles. The predicted molar refractivity (Wildman–Crippen MR) is 124 cm³/mol. The molecule has 0 aliphatic carbocycles. The summed E-state index contributed by atoms with van der Waals surface area (Å²) in [6, 6.07) is 0. The molecular formula is C25H46O7. The summed E-state index contributed by atoms with van der Waals surface area (Å²) >= 11 is 0. The first-order valence-corrected chi connectivity index (χ1v) is 11.9. The number of ether oxygens (including phenoxy) is 2. The number of cyclic esters (lactones) is 1. The van der Waals surface area contributed by atoms with Gasteiger partial charge in [0.2, 0.25) is 0 Å². The lowest BCUT2D eigenvalue weighted by Gasteiger charge is -2.42. The van der Waals surface area contributed by atoms with Gasteiger partial charge in [-0.1, -0.05) is 48.5 Å². The fourth-order valence-electron chi connectivity index (χ4n) is 4.61. The molecular weight excluding hydrogens is 412 g/mol. The summed E-state index contributed by atoms with van der Waals surface area (Å²) in [4.78, 5) is 38.8.